The molecule has 0 aliphatic carbocycles. The summed E-state index contributed by atoms with van der Waals surface area (Å²) < 4.78 is 42.7. The van der Waals surface area contributed by atoms with Crippen molar-refractivity contribution >= 4 is 29.2 Å². The highest BCUT2D eigenvalue weighted by Crippen LogP contribution is 2.30. The maximum absolute atomic E-state index is 12.7. The molecule has 0 unspecified atom stereocenters. The molecule has 24 heavy (non-hydrogen) atoms. The van der Waals surface area contributed by atoms with Gasteiger partial charge in [0, 0.05) is 5.56 Å². The second-order valence-electron chi connectivity index (χ2n) is 4.72. The Kier molecular flexibility index (Phi) is 5.14. The first-order valence-electron chi connectivity index (χ1n) is 6.59. The van der Waals surface area contributed by atoms with E-state index in [2.05, 4.69) is 10.1 Å². The van der Waals surface area contributed by atoms with E-state index in [-0.39, 0.29) is 21.8 Å². The smallest absolute Gasteiger partial charge is 0.416 e. The maximum Gasteiger partial charge on any atom is 0.416 e. The van der Waals surface area contributed by atoms with Gasteiger partial charge in [-0.3, -0.25) is 4.79 Å². The lowest BCUT2D eigenvalue weighted by molar-refractivity contribution is -0.137. The van der Waals surface area contributed by atoms with Gasteiger partial charge < -0.3 is 10.1 Å². The van der Waals surface area contributed by atoms with Gasteiger partial charge in [0.2, 0.25) is 0 Å². The Morgan fingerprint density at radius 3 is 2.42 bits per heavy atom. The number of esters is 1. The number of rotatable bonds is 3. The Balaban J connectivity index is 2.28. The van der Waals surface area contributed by atoms with E-state index in [1.54, 1.807) is 0 Å². The lowest BCUT2D eigenvalue weighted by atomic mass is 10.1. The third-order valence-corrected chi connectivity index (χ3v) is 3.42. The number of ether oxygens (including phenoxy) is 1. The number of hydrogen-bond donors (Lipinski definition) is 1. The average Bonchev–Trinajstić information content (AvgIpc) is 2.55. The van der Waals surface area contributed by atoms with E-state index in [0.29, 0.717) is 0 Å². The fourth-order valence-electron chi connectivity index (χ4n) is 1.90. The largest absolute Gasteiger partial charge is 0.465 e. The summed E-state index contributed by atoms with van der Waals surface area (Å²) in [4.78, 5) is 23.6. The number of methoxy groups -OCH3 is 1. The van der Waals surface area contributed by atoms with Gasteiger partial charge in [0.1, 0.15) is 0 Å². The zero-order valence-corrected chi connectivity index (χ0v) is 13.0. The summed E-state index contributed by atoms with van der Waals surface area (Å²) in [5.41, 5.74) is -0.905. The Hall–Kier alpha value is -2.54. The minimum absolute atomic E-state index is 0.0852. The zero-order valence-electron chi connectivity index (χ0n) is 12.3. The van der Waals surface area contributed by atoms with Crippen LogP contribution in [-0.2, 0) is 10.9 Å². The number of hydrogen-bond acceptors (Lipinski definition) is 3. The minimum Gasteiger partial charge on any atom is -0.465 e. The number of halogens is 4. The van der Waals surface area contributed by atoms with Crippen LogP contribution in [0, 0.1) is 0 Å². The number of anilines is 1. The van der Waals surface area contributed by atoms with E-state index in [1.807, 2.05) is 0 Å². The fourth-order valence-corrected chi connectivity index (χ4v) is 2.06. The first-order chi connectivity index (χ1) is 11.2. The summed E-state index contributed by atoms with van der Waals surface area (Å²) in [6, 6.07) is 8.01. The second kappa shape index (κ2) is 6.92. The highest BCUT2D eigenvalue weighted by Gasteiger charge is 2.30. The van der Waals surface area contributed by atoms with Gasteiger partial charge in [-0.25, -0.2) is 4.79 Å². The molecule has 126 valence electrons. The van der Waals surface area contributed by atoms with Crippen LogP contribution in [0.15, 0.2) is 42.5 Å². The first-order valence-corrected chi connectivity index (χ1v) is 6.96. The molecule has 0 radical (unpaired) electrons. The fraction of sp³-hybridized carbons (Fsp3) is 0.125. The Morgan fingerprint density at radius 2 is 1.79 bits per heavy atom. The normalized spacial score (nSPS) is 11.0. The summed E-state index contributed by atoms with van der Waals surface area (Å²) in [7, 11) is 1.19. The summed E-state index contributed by atoms with van der Waals surface area (Å²) >= 11 is 5.93. The van der Waals surface area contributed by atoms with Crippen molar-refractivity contribution in [3.8, 4) is 0 Å². The Bertz CT molecular complexity index is 790. The molecule has 4 nitrogen and oxygen atoms in total. The van der Waals surface area contributed by atoms with Crippen molar-refractivity contribution in [3.05, 3.63) is 64.2 Å². The Morgan fingerprint density at radius 1 is 1.08 bits per heavy atom. The van der Waals surface area contributed by atoms with Gasteiger partial charge in [-0.05, 0) is 36.4 Å². The van der Waals surface area contributed by atoms with Crippen LogP contribution in [0.5, 0.6) is 0 Å². The van der Waals surface area contributed by atoms with Crippen LogP contribution < -0.4 is 5.32 Å². The molecule has 0 saturated heterocycles. The summed E-state index contributed by atoms with van der Waals surface area (Å²) in [5, 5.41) is 2.51. The molecule has 0 aliphatic heterocycles. The number of carbonyl (C=O) groups is 2. The van der Waals surface area contributed by atoms with Gasteiger partial charge >= 0.3 is 12.1 Å². The molecule has 2 aromatic carbocycles. The highest BCUT2D eigenvalue weighted by molar-refractivity contribution is 6.34. The van der Waals surface area contributed by atoms with Crippen LogP contribution in [0.4, 0.5) is 18.9 Å². The highest BCUT2D eigenvalue weighted by atomic mass is 35.5. The molecule has 0 heterocycles. The van der Waals surface area contributed by atoms with E-state index in [9.17, 15) is 22.8 Å². The monoisotopic (exact) mass is 357 g/mol. The molecule has 0 saturated carbocycles. The van der Waals surface area contributed by atoms with Gasteiger partial charge in [-0.2, -0.15) is 13.2 Å². The van der Waals surface area contributed by atoms with Crippen LogP contribution in [0.2, 0.25) is 5.02 Å². The van der Waals surface area contributed by atoms with Crippen LogP contribution in [-0.4, -0.2) is 19.0 Å². The molecule has 0 spiro atoms. The van der Waals surface area contributed by atoms with Gasteiger partial charge in [0.05, 0.1) is 28.9 Å². The lowest BCUT2D eigenvalue weighted by Crippen LogP contribution is -2.14. The van der Waals surface area contributed by atoms with Crippen molar-refractivity contribution in [2.24, 2.45) is 0 Å². The topological polar surface area (TPSA) is 55.4 Å². The van der Waals surface area contributed by atoms with Crippen molar-refractivity contribution < 1.29 is 27.5 Å². The van der Waals surface area contributed by atoms with E-state index in [4.69, 9.17) is 11.6 Å². The average molecular weight is 358 g/mol. The molecule has 2 aromatic rings. The van der Waals surface area contributed by atoms with Crippen molar-refractivity contribution in [2.75, 3.05) is 12.4 Å². The van der Waals surface area contributed by atoms with Crippen molar-refractivity contribution in [1.82, 2.24) is 0 Å². The summed E-state index contributed by atoms with van der Waals surface area (Å²) in [6.07, 6.45) is -4.56. The third-order valence-electron chi connectivity index (χ3n) is 3.09. The molecule has 0 atom stereocenters. The van der Waals surface area contributed by atoms with Crippen molar-refractivity contribution in [1.29, 1.82) is 0 Å². The van der Waals surface area contributed by atoms with Gasteiger partial charge in [-0.1, -0.05) is 17.7 Å². The van der Waals surface area contributed by atoms with Crippen LogP contribution >= 0.6 is 11.6 Å². The summed E-state index contributed by atoms with van der Waals surface area (Å²) in [6.45, 7) is 0. The van der Waals surface area contributed by atoms with Crippen molar-refractivity contribution in [3.63, 3.8) is 0 Å². The zero-order chi connectivity index (χ0) is 17.9. The molecule has 1 amide bonds. The number of alkyl halides is 3. The Labute approximate surface area is 140 Å². The third kappa shape index (κ3) is 4.05. The molecular formula is C16H11ClF3NO3. The predicted molar refractivity (Wildman–Crippen MR) is 82.2 cm³/mol. The standard InChI is InChI=1S/C16H11ClF3NO3/c1-24-15(23)10-5-6-12(17)13(8-10)21-14(22)9-3-2-4-11(7-9)16(18,19)20/h2-8H,1H3,(H,21,22). The van der Waals surface area contributed by atoms with Crippen LogP contribution in [0.25, 0.3) is 0 Å². The van der Waals surface area contributed by atoms with E-state index in [1.165, 1.54) is 31.4 Å². The quantitative estimate of drug-likeness (QED) is 0.828. The number of carbonyl (C=O) groups excluding carboxylic acids is 2. The minimum atomic E-state index is -4.56. The molecule has 8 heteroatoms. The lowest BCUT2D eigenvalue weighted by Gasteiger charge is -2.11. The van der Waals surface area contributed by atoms with Gasteiger partial charge in [0.15, 0.2) is 0 Å². The van der Waals surface area contributed by atoms with E-state index >= 15 is 0 Å². The van der Waals surface area contributed by atoms with Gasteiger partial charge in [0.25, 0.3) is 5.91 Å². The molecule has 1 N–H and O–H groups in total. The number of benzene rings is 2. The maximum atomic E-state index is 12.7. The van der Waals surface area contributed by atoms with Crippen LogP contribution in [0.1, 0.15) is 26.3 Å². The molecule has 0 bridgehead atoms. The van der Waals surface area contributed by atoms with Gasteiger partial charge in [-0.15, -0.1) is 0 Å². The second-order valence-corrected chi connectivity index (χ2v) is 5.13. The first kappa shape index (κ1) is 17.8. The molecule has 2 rings (SSSR count). The van der Waals surface area contributed by atoms with E-state index in [0.717, 1.165) is 18.2 Å². The van der Waals surface area contributed by atoms with Crippen LogP contribution in [0.3, 0.4) is 0 Å². The predicted octanol–water partition coefficient (Wildman–Crippen LogP) is 4.40. The number of nitrogens with one attached hydrogen (secondary N) is 1. The van der Waals surface area contributed by atoms with Crippen molar-refractivity contribution in [2.45, 2.75) is 6.18 Å². The molecular weight excluding hydrogens is 347 g/mol. The number of amides is 1. The SMILES string of the molecule is COC(=O)c1ccc(Cl)c(NC(=O)c2cccc(C(F)(F)F)c2)c1. The molecule has 0 fully saturated rings. The molecule has 0 aromatic heterocycles. The molecule has 0 aliphatic rings. The summed E-state index contributed by atoms with van der Waals surface area (Å²) in [5.74, 6) is -1.42. The van der Waals surface area contributed by atoms with E-state index < -0.39 is 23.6 Å².